The molecule has 1 aromatic carbocycles. The van der Waals surface area contributed by atoms with Gasteiger partial charge in [0.25, 0.3) is 17.8 Å². The Morgan fingerprint density at radius 3 is 2.41 bits per heavy atom. The van der Waals surface area contributed by atoms with Gasteiger partial charge in [0.2, 0.25) is 0 Å². The first-order valence-corrected chi connectivity index (χ1v) is 11.7. The maximum absolute atomic E-state index is 12.7. The fraction of sp³-hybridized carbons (Fsp3) is 0.480. The molecule has 0 unspecified atom stereocenters. The first-order chi connectivity index (χ1) is 16.2. The van der Waals surface area contributed by atoms with Crippen molar-refractivity contribution in [2.45, 2.75) is 58.1 Å². The number of nitrogens with zero attached hydrogens (tertiary/aromatic N) is 5. The van der Waals surface area contributed by atoms with Crippen LogP contribution < -0.4 is 5.32 Å². The Bertz CT molecular complexity index is 1230. The average Bonchev–Trinajstić information content (AvgIpc) is 3.14. The van der Waals surface area contributed by atoms with Crippen LogP contribution >= 0.6 is 0 Å². The lowest BCUT2D eigenvalue weighted by molar-refractivity contribution is -0.151. The molecule has 1 aliphatic carbocycles. The zero-order valence-corrected chi connectivity index (χ0v) is 19.8. The molecule has 178 valence electrons. The number of para-hydroxylation sites is 1. The molecule has 1 aliphatic heterocycles. The second-order valence-electron chi connectivity index (χ2n) is 10.2. The third-order valence-corrected chi connectivity index (χ3v) is 7.19. The zero-order chi connectivity index (χ0) is 24.1. The SMILES string of the molecule is Cc1nn(-c2ncc(C(=O)NC3CC4(CCN(C(=O)C(C)(C)O)CC4)C3)cn2)c2ccccc12. The van der Waals surface area contributed by atoms with Crippen molar-refractivity contribution < 1.29 is 14.7 Å². The molecule has 0 atom stereocenters. The van der Waals surface area contributed by atoms with Crippen molar-refractivity contribution >= 4 is 22.7 Å². The number of hydrogen-bond acceptors (Lipinski definition) is 6. The molecule has 1 spiro atoms. The van der Waals surface area contributed by atoms with Crippen LogP contribution in [0.25, 0.3) is 16.9 Å². The van der Waals surface area contributed by atoms with Crippen LogP contribution in [-0.2, 0) is 4.79 Å². The fourth-order valence-electron chi connectivity index (χ4n) is 5.26. The number of rotatable bonds is 4. The third kappa shape index (κ3) is 4.04. The predicted octanol–water partition coefficient (Wildman–Crippen LogP) is 2.40. The van der Waals surface area contributed by atoms with E-state index in [1.807, 2.05) is 31.2 Å². The van der Waals surface area contributed by atoms with E-state index in [1.165, 1.54) is 13.8 Å². The third-order valence-electron chi connectivity index (χ3n) is 7.19. The number of hydrogen-bond donors (Lipinski definition) is 2. The standard InChI is InChI=1S/C25H30N6O3/c1-16-19-6-4-5-7-20(19)31(29-16)23-26-14-17(15-27-23)21(32)28-18-12-25(13-18)8-10-30(11-9-25)22(33)24(2,3)34/h4-7,14-15,18,34H,8-13H2,1-3H3,(H,28,32). The van der Waals surface area contributed by atoms with E-state index >= 15 is 0 Å². The molecule has 1 saturated carbocycles. The van der Waals surface area contributed by atoms with E-state index in [0.29, 0.717) is 24.6 Å². The number of benzene rings is 1. The topological polar surface area (TPSA) is 113 Å². The van der Waals surface area contributed by atoms with Crippen molar-refractivity contribution in [2.24, 2.45) is 5.41 Å². The molecule has 5 rings (SSSR count). The summed E-state index contributed by atoms with van der Waals surface area (Å²) in [5.41, 5.74) is 1.08. The van der Waals surface area contributed by atoms with Crippen molar-refractivity contribution in [1.82, 2.24) is 30.0 Å². The Balaban J connectivity index is 1.17. The van der Waals surface area contributed by atoms with Crippen LogP contribution in [0, 0.1) is 12.3 Å². The lowest BCUT2D eigenvalue weighted by Gasteiger charge is -2.52. The Kier molecular flexibility index (Phi) is 5.39. The smallest absolute Gasteiger partial charge is 0.254 e. The van der Waals surface area contributed by atoms with Crippen LogP contribution in [0.2, 0.25) is 0 Å². The van der Waals surface area contributed by atoms with Crippen LogP contribution in [-0.4, -0.2) is 66.3 Å². The number of aryl methyl sites for hydroxylation is 1. The number of fused-ring (bicyclic) bond motifs is 1. The van der Waals surface area contributed by atoms with E-state index in [2.05, 4.69) is 20.4 Å². The molecule has 1 saturated heterocycles. The summed E-state index contributed by atoms with van der Waals surface area (Å²) in [5, 5.41) is 18.6. The van der Waals surface area contributed by atoms with Crippen molar-refractivity contribution in [3.05, 3.63) is 47.9 Å². The molecule has 34 heavy (non-hydrogen) atoms. The molecule has 0 radical (unpaired) electrons. The summed E-state index contributed by atoms with van der Waals surface area (Å²) in [5.74, 6) is 0.0339. The van der Waals surface area contributed by atoms with Crippen molar-refractivity contribution in [1.29, 1.82) is 0 Å². The summed E-state index contributed by atoms with van der Waals surface area (Å²) in [4.78, 5) is 35.5. The lowest BCUT2D eigenvalue weighted by atomic mass is 9.60. The summed E-state index contributed by atoms with van der Waals surface area (Å²) >= 11 is 0. The first kappa shape index (κ1) is 22.5. The Morgan fingerprint density at radius 1 is 1.12 bits per heavy atom. The number of amides is 2. The van der Waals surface area contributed by atoms with Crippen LogP contribution in [0.1, 0.15) is 55.6 Å². The minimum absolute atomic E-state index is 0.112. The number of carbonyl (C=O) groups excluding carboxylic acids is 2. The van der Waals surface area contributed by atoms with Crippen LogP contribution in [0.4, 0.5) is 0 Å². The van der Waals surface area contributed by atoms with E-state index in [0.717, 1.165) is 42.3 Å². The number of aromatic nitrogens is 4. The molecule has 3 heterocycles. The van der Waals surface area contributed by atoms with Crippen LogP contribution in [0.5, 0.6) is 0 Å². The van der Waals surface area contributed by atoms with Gasteiger partial charge >= 0.3 is 0 Å². The monoisotopic (exact) mass is 462 g/mol. The van der Waals surface area contributed by atoms with Gasteiger partial charge in [0.05, 0.1) is 16.8 Å². The summed E-state index contributed by atoms with van der Waals surface area (Å²) in [6.45, 7) is 6.31. The van der Waals surface area contributed by atoms with Gasteiger partial charge in [0.15, 0.2) is 0 Å². The number of carbonyl (C=O) groups is 2. The molecule has 2 aromatic heterocycles. The first-order valence-electron chi connectivity index (χ1n) is 11.7. The van der Waals surface area contributed by atoms with Gasteiger partial charge in [-0.05, 0) is 57.9 Å². The highest BCUT2D eigenvalue weighted by Gasteiger charge is 2.47. The summed E-state index contributed by atoms with van der Waals surface area (Å²) < 4.78 is 1.69. The van der Waals surface area contributed by atoms with Gasteiger partial charge in [-0.1, -0.05) is 18.2 Å². The second-order valence-corrected chi connectivity index (χ2v) is 10.2. The summed E-state index contributed by atoms with van der Waals surface area (Å²) in [7, 11) is 0. The van der Waals surface area contributed by atoms with Gasteiger partial charge in [-0.15, -0.1) is 0 Å². The van der Waals surface area contributed by atoms with E-state index < -0.39 is 5.60 Å². The molecule has 9 nitrogen and oxygen atoms in total. The van der Waals surface area contributed by atoms with Gasteiger partial charge in [-0.2, -0.15) is 9.78 Å². The Labute approximate surface area is 198 Å². The van der Waals surface area contributed by atoms with Crippen LogP contribution in [0.3, 0.4) is 0 Å². The van der Waals surface area contributed by atoms with E-state index in [1.54, 1.807) is 22.0 Å². The van der Waals surface area contributed by atoms with Crippen molar-refractivity contribution in [2.75, 3.05) is 13.1 Å². The van der Waals surface area contributed by atoms with E-state index in [9.17, 15) is 14.7 Å². The summed E-state index contributed by atoms with van der Waals surface area (Å²) in [6, 6.07) is 8.01. The van der Waals surface area contributed by atoms with Gasteiger partial charge in [0.1, 0.15) is 5.60 Å². The zero-order valence-electron chi connectivity index (χ0n) is 19.8. The molecule has 0 bridgehead atoms. The average molecular weight is 463 g/mol. The van der Waals surface area contributed by atoms with E-state index in [4.69, 9.17) is 0 Å². The number of likely N-dealkylation sites (tertiary alicyclic amines) is 1. The largest absolute Gasteiger partial charge is 0.381 e. The second kappa shape index (κ2) is 8.16. The maximum Gasteiger partial charge on any atom is 0.254 e. The minimum atomic E-state index is -1.33. The molecule has 2 N–H and O–H groups in total. The Hall–Kier alpha value is -3.33. The van der Waals surface area contributed by atoms with Gasteiger partial charge < -0.3 is 15.3 Å². The predicted molar refractivity (Wildman–Crippen MR) is 126 cm³/mol. The highest BCUT2D eigenvalue weighted by Crippen LogP contribution is 2.49. The quantitative estimate of drug-likeness (QED) is 0.616. The highest BCUT2D eigenvalue weighted by atomic mass is 16.3. The molecule has 3 aromatic rings. The van der Waals surface area contributed by atoms with Gasteiger partial charge in [-0.3, -0.25) is 9.59 Å². The molecule has 2 fully saturated rings. The molecule has 9 heteroatoms. The fourth-order valence-corrected chi connectivity index (χ4v) is 5.26. The maximum atomic E-state index is 12.7. The number of piperidine rings is 1. The summed E-state index contributed by atoms with van der Waals surface area (Å²) in [6.07, 6.45) is 6.69. The molecule has 2 aliphatic rings. The van der Waals surface area contributed by atoms with Gasteiger partial charge in [-0.25, -0.2) is 9.97 Å². The molecular formula is C25H30N6O3. The normalized spacial score (nSPS) is 18.2. The van der Waals surface area contributed by atoms with Crippen molar-refractivity contribution in [3.8, 4) is 5.95 Å². The number of aliphatic hydroxyl groups is 1. The minimum Gasteiger partial charge on any atom is -0.381 e. The highest BCUT2D eigenvalue weighted by molar-refractivity contribution is 5.94. The van der Waals surface area contributed by atoms with Crippen LogP contribution in [0.15, 0.2) is 36.7 Å². The lowest BCUT2D eigenvalue weighted by Crippen LogP contribution is -2.57. The molecule has 2 amide bonds. The molecular weight excluding hydrogens is 432 g/mol. The number of nitrogens with one attached hydrogen (secondary N) is 1. The Morgan fingerprint density at radius 2 is 1.76 bits per heavy atom. The van der Waals surface area contributed by atoms with Gasteiger partial charge in [0, 0.05) is 36.9 Å². The van der Waals surface area contributed by atoms with Crippen molar-refractivity contribution in [3.63, 3.8) is 0 Å². The van der Waals surface area contributed by atoms with E-state index in [-0.39, 0.29) is 23.3 Å².